The van der Waals surface area contributed by atoms with Crippen LogP contribution in [-0.4, -0.2) is 85.9 Å². The topological polar surface area (TPSA) is 99.4 Å². The molecule has 0 saturated carbocycles. The molecule has 1 aromatic carbocycles. The number of hydrogen-bond donors (Lipinski definition) is 1. The molecule has 1 N–H and O–H groups in total. The monoisotopic (exact) mass is 406 g/mol. The molecule has 1 aromatic heterocycles. The highest BCUT2D eigenvalue weighted by molar-refractivity contribution is 5.99. The van der Waals surface area contributed by atoms with E-state index < -0.39 is 11.8 Å². The number of rotatable bonds is 6. The molecule has 2 aromatic rings. The number of carboxylic acid groups (broad SMARTS) is 1. The number of ether oxygens (including phenoxy) is 1. The average molecular weight is 406 g/mol. The number of hydrogen-bond acceptors (Lipinski definition) is 7. The Morgan fingerprint density at radius 1 is 1.28 bits per heavy atom. The van der Waals surface area contributed by atoms with Crippen LogP contribution >= 0.6 is 0 Å². The zero-order valence-corrected chi connectivity index (χ0v) is 16.5. The molecule has 1 amide bonds. The summed E-state index contributed by atoms with van der Waals surface area (Å²) in [4.78, 5) is 29.2. The Bertz CT molecular complexity index is 906. The van der Waals surface area contributed by atoms with Crippen molar-refractivity contribution in [3.8, 4) is 17.1 Å². The fourth-order valence-corrected chi connectivity index (χ4v) is 3.14. The Morgan fingerprint density at radius 3 is 2.55 bits per heavy atom. The first-order valence-corrected chi connectivity index (χ1v) is 9.06. The number of likely N-dealkylation sites (N-methyl/N-ethyl adjacent to an activating group) is 1. The van der Waals surface area contributed by atoms with Crippen molar-refractivity contribution in [1.29, 1.82) is 0 Å². The minimum Gasteiger partial charge on any atom is -0.494 e. The third kappa shape index (κ3) is 4.32. The highest BCUT2D eigenvalue weighted by Gasteiger charge is 2.30. The van der Waals surface area contributed by atoms with Gasteiger partial charge >= 0.3 is 5.97 Å². The molecular formula is C19H23FN4O5. The third-order valence-electron chi connectivity index (χ3n) is 4.83. The number of aromatic carboxylic acids is 1. The lowest BCUT2D eigenvalue weighted by Crippen LogP contribution is -2.49. The van der Waals surface area contributed by atoms with Crippen LogP contribution in [-0.2, 0) is 4.79 Å². The van der Waals surface area contributed by atoms with Gasteiger partial charge in [-0.2, -0.15) is 0 Å². The van der Waals surface area contributed by atoms with E-state index in [-0.39, 0.29) is 28.8 Å². The Labute approximate surface area is 167 Å². The lowest BCUT2D eigenvalue weighted by Gasteiger charge is -2.34. The van der Waals surface area contributed by atoms with E-state index in [9.17, 15) is 19.1 Å². The number of anilines is 1. The van der Waals surface area contributed by atoms with Crippen molar-refractivity contribution in [3.05, 3.63) is 29.6 Å². The molecule has 1 aliphatic rings. The molecule has 0 bridgehead atoms. The Kier molecular flexibility index (Phi) is 6.02. The van der Waals surface area contributed by atoms with Gasteiger partial charge in [0.1, 0.15) is 0 Å². The molecule has 2 heterocycles. The van der Waals surface area contributed by atoms with Crippen LogP contribution in [0.15, 0.2) is 22.7 Å². The van der Waals surface area contributed by atoms with E-state index in [2.05, 4.69) is 5.16 Å². The first-order valence-electron chi connectivity index (χ1n) is 9.06. The predicted molar refractivity (Wildman–Crippen MR) is 103 cm³/mol. The van der Waals surface area contributed by atoms with Gasteiger partial charge in [0, 0.05) is 45.8 Å². The summed E-state index contributed by atoms with van der Waals surface area (Å²) in [5, 5.41) is 13.7. The predicted octanol–water partition coefficient (Wildman–Crippen LogP) is 1.40. The van der Waals surface area contributed by atoms with Crippen molar-refractivity contribution < 1.29 is 28.3 Å². The van der Waals surface area contributed by atoms with Gasteiger partial charge < -0.3 is 24.2 Å². The largest absolute Gasteiger partial charge is 0.494 e. The zero-order valence-electron chi connectivity index (χ0n) is 16.5. The summed E-state index contributed by atoms with van der Waals surface area (Å²) < 4.78 is 24.0. The van der Waals surface area contributed by atoms with E-state index in [0.29, 0.717) is 38.3 Å². The van der Waals surface area contributed by atoms with Crippen LogP contribution in [0.1, 0.15) is 10.4 Å². The molecule has 1 saturated heterocycles. The summed E-state index contributed by atoms with van der Waals surface area (Å²) in [6.07, 6.45) is 0. The third-order valence-corrected chi connectivity index (χ3v) is 4.83. The fourth-order valence-electron chi connectivity index (χ4n) is 3.14. The van der Waals surface area contributed by atoms with Gasteiger partial charge in [0.15, 0.2) is 28.7 Å². The molecule has 0 aliphatic carbocycles. The minimum atomic E-state index is -1.19. The summed E-state index contributed by atoms with van der Waals surface area (Å²) in [6.45, 7) is 2.49. The number of amides is 1. The van der Waals surface area contributed by atoms with Gasteiger partial charge in [-0.25, -0.2) is 9.18 Å². The van der Waals surface area contributed by atoms with Gasteiger partial charge in [-0.15, -0.1) is 0 Å². The van der Waals surface area contributed by atoms with Crippen LogP contribution in [0, 0.1) is 5.82 Å². The van der Waals surface area contributed by atoms with E-state index in [1.165, 1.54) is 30.2 Å². The standard InChI is InChI=1S/C19H23FN4O5/c1-22(2)15(25)11-23-6-8-24(9-7-23)18-16(19(26)27)17(29-21-18)12-4-5-13(20)14(10-12)28-3/h4-5,10H,6-9,11H2,1-3H3,(H,26,27). The number of aromatic nitrogens is 1. The van der Waals surface area contributed by atoms with Crippen molar-refractivity contribution >= 4 is 17.7 Å². The van der Waals surface area contributed by atoms with Crippen LogP contribution in [0.2, 0.25) is 0 Å². The normalized spacial score (nSPS) is 14.7. The van der Waals surface area contributed by atoms with Gasteiger partial charge in [-0.3, -0.25) is 9.69 Å². The number of carbonyl (C=O) groups excluding carboxylic acids is 1. The summed E-state index contributed by atoms with van der Waals surface area (Å²) in [5.41, 5.74) is 0.270. The lowest BCUT2D eigenvalue weighted by molar-refractivity contribution is -0.129. The maximum absolute atomic E-state index is 13.7. The summed E-state index contributed by atoms with van der Waals surface area (Å²) in [5.74, 6) is -1.50. The van der Waals surface area contributed by atoms with Gasteiger partial charge in [0.25, 0.3) is 0 Å². The minimum absolute atomic E-state index is 0.0126. The van der Waals surface area contributed by atoms with E-state index in [0.717, 1.165) is 0 Å². The maximum atomic E-state index is 13.7. The smallest absolute Gasteiger partial charge is 0.343 e. The maximum Gasteiger partial charge on any atom is 0.343 e. The van der Waals surface area contributed by atoms with Gasteiger partial charge in [0.2, 0.25) is 5.91 Å². The van der Waals surface area contributed by atoms with Crippen LogP contribution in [0.5, 0.6) is 5.75 Å². The molecule has 10 heteroatoms. The second-order valence-corrected chi connectivity index (χ2v) is 6.92. The number of carbonyl (C=O) groups is 2. The number of nitrogens with zero attached hydrogens (tertiary/aromatic N) is 4. The molecule has 156 valence electrons. The van der Waals surface area contributed by atoms with Gasteiger partial charge in [-0.05, 0) is 18.2 Å². The highest BCUT2D eigenvalue weighted by Crippen LogP contribution is 2.34. The average Bonchev–Trinajstić information content (AvgIpc) is 3.14. The molecule has 1 fully saturated rings. The first-order chi connectivity index (χ1) is 13.8. The molecule has 0 atom stereocenters. The quantitative estimate of drug-likeness (QED) is 0.769. The molecular weight excluding hydrogens is 383 g/mol. The Balaban J connectivity index is 1.82. The molecule has 1 aliphatic heterocycles. The first kappa shape index (κ1) is 20.6. The fraction of sp³-hybridized carbons (Fsp3) is 0.421. The summed E-state index contributed by atoms with van der Waals surface area (Å²) >= 11 is 0. The van der Waals surface area contributed by atoms with Crippen LogP contribution in [0.4, 0.5) is 10.2 Å². The summed E-state index contributed by atoms with van der Waals surface area (Å²) in [7, 11) is 4.74. The number of carboxylic acids is 1. The van der Waals surface area contributed by atoms with Crippen LogP contribution in [0.3, 0.4) is 0 Å². The number of methoxy groups -OCH3 is 1. The number of benzene rings is 1. The Hall–Kier alpha value is -3.14. The van der Waals surface area contributed by atoms with Crippen LogP contribution < -0.4 is 9.64 Å². The van der Waals surface area contributed by atoms with E-state index >= 15 is 0 Å². The van der Waals surface area contributed by atoms with Crippen molar-refractivity contribution in [2.45, 2.75) is 0 Å². The molecule has 0 radical (unpaired) electrons. The van der Waals surface area contributed by atoms with Gasteiger partial charge in [0.05, 0.1) is 13.7 Å². The molecule has 0 unspecified atom stereocenters. The molecule has 9 nitrogen and oxygen atoms in total. The highest BCUT2D eigenvalue weighted by atomic mass is 19.1. The number of piperazine rings is 1. The molecule has 0 spiro atoms. The number of halogens is 1. The van der Waals surface area contributed by atoms with E-state index in [4.69, 9.17) is 9.26 Å². The van der Waals surface area contributed by atoms with Crippen LogP contribution in [0.25, 0.3) is 11.3 Å². The van der Waals surface area contributed by atoms with Gasteiger partial charge in [-0.1, -0.05) is 5.16 Å². The Morgan fingerprint density at radius 2 is 1.97 bits per heavy atom. The van der Waals surface area contributed by atoms with Crippen molar-refractivity contribution in [1.82, 2.24) is 15.0 Å². The van der Waals surface area contributed by atoms with Crippen molar-refractivity contribution in [2.24, 2.45) is 0 Å². The summed E-state index contributed by atoms with van der Waals surface area (Å²) in [6, 6.07) is 3.97. The van der Waals surface area contributed by atoms with E-state index in [1.807, 2.05) is 9.80 Å². The molecule has 29 heavy (non-hydrogen) atoms. The SMILES string of the molecule is COc1cc(-c2onc(N3CCN(CC(=O)N(C)C)CC3)c2C(=O)O)ccc1F. The second-order valence-electron chi connectivity index (χ2n) is 6.92. The lowest BCUT2D eigenvalue weighted by atomic mass is 10.1. The van der Waals surface area contributed by atoms with Crippen molar-refractivity contribution in [2.75, 3.05) is 58.8 Å². The van der Waals surface area contributed by atoms with E-state index in [1.54, 1.807) is 14.1 Å². The van der Waals surface area contributed by atoms with Crippen molar-refractivity contribution in [3.63, 3.8) is 0 Å². The second kappa shape index (κ2) is 8.48. The zero-order chi connectivity index (χ0) is 21.1. The molecule has 3 rings (SSSR count).